The Morgan fingerprint density at radius 1 is 1.04 bits per heavy atom. The van der Waals surface area contributed by atoms with Crippen molar-refractivity contribution in [2.24, 2.45) is 0 Å². The van der Waals surface area contributed by atoms with E-state index >= 15 is 0 Å². The van der Waals surface area contributed by atoms with Crippen LogP contribution in [0.15, 0.2) is 48.6 Å². The smallest absolute Gasteiger partial charge is 0.318 e. The van der Waals surface area contributed by atoms with Crippen molar-refractivity contribution in [2.45, 2.75) is 51.1 Å². The van der Waals surface area contributed by atoms with Crippen LogP contribution in [0.25, 0.3) is 10.8 Å². The number of ether oxygens (including phenoxy) is 1. The molecule has 4 heterocycles. The Morgan fingerprint density at radius 2 is 1.85 bits per heavy atom. The maximum Gasteiger partial charge on any atom is 0.318 e. The van der Waals surface area contributed by atoms with E-state index in [2.05, 4.69) is 45.0 Å². The first-order valence-electron chi connectivity index (χ1n) is 16.4. The van der Waals surface area contributed by atoms with Gasteiger partial charge in [0.05, 0.1) is 35.8 Å². The van der Waals surface area contributed by atoms with E-state index in [-0.39, 0.29) is 18.4 Å². The number of amides is 1. The Morgan fingerprint density at radius 3 is 2.63 bits per heavy atom. The fourth-order valence-electron chi connectivity index (χ4n) is 6.94. The number of nitriles is 1. The third kappa shape index (κ3) is 7.21. The molecule has 9 nitrogen and oxygen atoms in total. The molecule has 6 rings (SSSR count). The highest BCUT2D eigenvalue weighted by Crippen LogP contribution is 2.37. The predicted octanol–water partition coefficient (Wildman–Crippen LogP) is 5.56. The minimum atomic E-state index is -0.704. The number of fused-ring (bicyclic) bond motifs is 2. The molecule has 242 valence electrons. The van der Waals surface area contributed by atoms with E-state index in [9.17, 15) is 14.4 Å². The quantitative estimate of drug-likeness (QED) is 0.280. The summed E-state index contributed by atoms with van der Waals surface area (Å²) in [5.41, 5.74) is 3.04. The number of rotatable bonds is 9. The van der Waals surface area contributed by atoms with Crippen molar-refractivity contribution < 1.29 is 13.9 Å². The molecule has 0 bridgehead atoms. The summed E-state index contributed by atoms with van der Waals surface area (Å²) in [6, 6.07) is 14.5. The van der Waals surface area contributed by atoms with Crippen molar-refractivity contribution in [3.63, 3.8) is 0 Å². The van der Waals surface area contributed by atoms with Gasteiger partial charge < -0.3 is 19.4 Å². The SMILES string of the molecule is N#CC[C@H]1CN(c2nc(OCCN3CCCCCC3)nc3c2CCN(c2cccc4cccc(Cl)c24)C3)CCN1C(=O)/C=C/CF. The molecule has 2 fully saturated rings. The standard InChI is InChI=1S/C35H41ClFN7O2/c36-29-10-5-8-26-9-6-11-31(33(26)29)42-19-14-28-30(25-42)39-35(46-23-22-41-17-3-1-2-4-18-41)40-34(28)43-20-21-44(27(24-43)13-16-38)32(45)12-7-15-37/h5-12,27H,1-4,13-15,17-25H2/b12-7+/t27-/m0/s1. The number of halogens is 2. The second kappa shape index (κ2) is 15.1. The van der Waals surface area contributed by atoms with Crippen molar-refractivity contribution in [1.29, 1.82) is 5.26 Å². The average molecular weight is 646 g/mol. The molecular formula is C35H41ClFN7O2. The summed E-state index contributed by atoms with van der Waals surface area (Å²) in [5.74, 6) is 0.531. The Bertz CT molecular complexity index is 1600. The third-order valence-corrected chi connectivity index (χ3v) is 9.59. The molecule has 2 aromatic carbocycles. The van der Waals surface area contributed by atoms with Crippen molar-refractivity contribution in [3.05, 3.63) is 64.8 Å². The van der Waals surface area contributed by atoms with Gasteiger partial charge in [-0.3, -0.25) is 9.69 Å². The maximum absolute atomic E-state index is 12.8. The molecule has 46 heavy (non-hydrogen) atoms. The van der Waals surface area contributed by atoms with Crippen LogP contribution in [0.2, 0.25) is 5.02 Å². The molecule has 0 saturated carbocycles. The van der Waals surface area contributed by atoms with Crippen LogP contribution < -0.4 is 14.5 Å². The Balaban J connectivity index is 1.29. The largest absolute Gasteiger partial charge is 0.462 e. The zero-order valence-electron chi connectivity index (χ0n) is 26.2. The van der Waals surface area contributed by atoms with Gasteiger partial charge in [0.25, 0.3) is 0 Å². The second-order valence-electron chi connectivity index (χ2n) is 12.2. The Labute approximate surface area is 275 Å². The molecular weight excluding hydrogens is 605 g/mol. The van der Waals surface area contributed by atoms with Crippen LogP contribution in [0, 0.1) is 11.3 Å². The molecule has 3 aliphatic heterocycles. The maximum atomic E-state index is 12.8. The van der Waals surface area contributed by atoms with E-state index in [0.29, 0.717) is 38.8 Å². The van der Waals surface area contributed by atoms with Gasteiger partial charge in [0.1, 0.15) is 19.1 Å². The van der Waals surface area contributed by atoms with Crippen molar-refractivity contribution >= 4 is 39.8 Å². The number of hydrogen-bond acceptors (Lipinski definition) is 8. The van der Waals surface area contributed by atoms with Crippen LogP contribution >= 0.6 is 11.6 Å². The molecule has 0 aliphatic carbocycles. The molecule has 0 radical (unpaired) electrons. The van der Waals surface area contributed by atoms with Crippen molar-refractivity contribution in [2.75, 3.05) is 68.9 Å². The first kappa shape index (κ1) is 32.0. The molecule has 1 amide bonds. The summed E-state index contributed by atoms with van der Waals surface area (Å²) in [6.45, 7) is 5.53. The lowest BCUT2D eigenvalue weighted by Gasteiger charge is -2.42. The van der Waals surface area contributed by atoms with E-state index < -0.39 is 6.67 Å². The number of piperazine rings is 1. The highest BCUT2D eigenvalue weighted by molar-refractivity contribution is 6.36. The minimum Gasteiger partial charge on any atom is -0.462 e. The lowest BCUT2D eigenvalue weighted by molar-refractivity contribution is -0.128. The number of nitrogens with zero attached hydrogens (tertiary/aromatic N) is 7. The van der Waals surface area contributed by atoms with Gasteiger partial charge in [-0.1, -0.05) is 48.7 Å². The van der Waals surface area contributed by atoms with Gasteiger partial charge >= 0.3 is 6.01 Å². The summed E-state index contributed by atoms with van der Waals surface area (Å²) in [7, 11) is 0. The number of benzene rings is 2. The Kier molecular flexibility index (Phi) is 10.5. The third-order valence-electron chi connectivity index (χ3n) is 9.27. The summed E-state index contributed by atoms with van der Waals surface area (Å²) < 4.78 is 19.0. The molecule has 2 saturated heterocycles. The van der Waals surface area contributed by atoms with Crippen LogP contribution in [-0.4, -0.2) is 90.8 Å². The van der Waals surface area contributed by atoms with E-state index in [0.717, 1.165) is 71.2 Å². The van der Waals surface area contributed by atoms with Crippen LogP contribution in [0.5, 0.6) is 6.01 Å². The van der Waals surface area contributed by atoms with Gasteiger partial charge in [0.2, 0.25) is 5.91 Å². The summed E-state index contributed by atoms with van der Waals surface area (Å²) >= 11 is 6.71. The summed E-state index contributed by atoms with van der Waals surface area (Å²) in [5, 5.41) is 12.4. The molecule has 3 aliphatic rings. The zero-order valence-corrected chi connectivity index (χ0v) is 27.0. The molecule has 0 spiro atoms. The monoisotopic (exact) mass is 645 g/mol. The number of carbonyl (C=O) groups excluding carboxylic acids is 1. The van der Waals surface area contributed by atoms with Crippen LogP contribution in [-0.2, 0) is 17.8 Å². The number of allylic oxidation sites excluding steroid dienone is 1. The molecule has 1 atom stereocenters. The first-order valence-corrected chi connectivity index (χ1v) is 16.8. The predicted molar refractivity (Wildman–Crippen MR) is 179 cm³/mol. The van der Waals surface area contributed by atoms with Crippen LogP contribution in [0.3, 0.4) is 0 Å². The zero-order chi connectivity index (χ0) is 31.9. The molecule has 1 aromatic heterocycles. The second-order valence-corrected chi connectivity index (χ2v) is 12.6. The van der Waals surface area contributed by atoms with Crippen molar-refractivity contribution in [1.82, 2.24) is 19.8 Å². The Hall–Kier alpha value is -3.94. The lowest BCUT2D eigenvalue weighted by Crippen LogP contribution is -2.55. The highest BCUT2D eigenvalue weighted by Gasteiger charge is 2.33. The number of likely N-dealkylation sites (tertiary alicyclic amines) is 1. The first-order chi connectivity index (χ1) is 22.6. The molecule has 3 aromatic rings. The van der Waals surface area contributed by atoms with Crippen LogP contribution in [0.4, 0.5) is 15.9 Å². The lowest BCUT2D eigenvalue weighted by atomic mass is 10.0. The minimum absolute atomic E-state index is 0.174. The van der Waals surface area contributed by atoms with Gasteiger partial charge in [0, 0.05) is 55.4 Å². The highest BCUT2D eigenvalue weighted by atomic mass is 35.5. The van der Waals surface area contributed by atoms with Gasteiger partial charge in [-0.15, -0.1) is 0 Å². The number of alkyl halides is 1. The van der Waals surface area contributed by atoms with E-state index in [1.54, 1.807) is 4.90 Å². The number of carbonyl (C=O) groups is 1. The molecule has 0 N–H and O–H groups in total. The van der Waals surface area contributed by atoms with E-state index in [1.807, 2.05) is 12.1 Å². The normalized spacial score (nSPS) is 19.2. The number of anilines is 2. The number of hydrogen-bond donors (Lipinski definition) is 0. The summed E-state index contributed by atoms with van der Waals surface area (Å²) in [6.07, 6.45) is 8.37. The fraction of sp³-hybridized carbons (Fsp3) is 0.486. The van der Waals surface area contributed by atoms with Gasteiger partial charge in [-0.25, -0.2) is 4.39 Å². The van der Waals surface area contributed by atoms with Gasteiger partial charge in [-0.2, -0.15) is 15.2 Å². The topological polar surface area (TPSA) is 88.8 Å². The fourth-order valence-corrected chi connectivity index (χ4v) is 7.22. The van der Waals surface area contributed by atoms with Crippen LogP contribution in [0.1, 0.15) is 43.4 Å². The summed E-state index contributed by atoms with van der Waals surface area (Å²) in [4.78, 5) is 31.4. The van der Waals surface area contributed by atoms with Crippen molar-refractivity contribution in [3.8, 4) is 12.1 Å². The number of aromatic nitrogens is 2. The molecule has 11 heteroatoms. The van der Waals surface area contributed by atoms with E-state index in [1.165, 1.54) is 37.8 Å². The van der Waals surface area contributed by atoms with Gasteiger partial charge in [-0.05, 0) is 55.9 Å². The van der Waals surface area contributed by atoms with E-state index in [4.69, 9.17) is 26.3 Å². The van der Waals surface area contributed by atoms with Gasteiger partial charge in [0.15, 0.2) is 0 Å². The molecule has 0 unspecified atom stereocenters. The average Bonchev–Trinajstić information content (AvgIpc) is 3.35.